The van der Waals surface area contributed by atoms with Crippen molar-refractivity contribution in [1.29, 1.82) is 0 Å². The Balaban J connectivity index is 1.76. The van der Waals surface area contributed by atoms with E-state index in [9.17, 15) is 0 Å². The SMILES string of the molecule is CCNC(=NCc1ccc(CC)s1)NCCN1CCOCC1. The average molecular weight is 324 g/mol. The lowest BCUT2D eigenvalue weighted by Crippen LogP contribution is -2.44. The molecule has 1 aromatic rings. The number of nitrogens with one attached hydrogen (secondary N) is 2. The molecule has 0 aromatic carbocycles. The molecule has 0 radical (unpaired) electrons. The van der Waals surface area contributed by atoms with E-state index >= 15 is 0 Å². The van der Waals surface area contributed by atoms with Crippen molar-refractivity contribution in [2.45, 2.75) is 26.8 Å². The summed E-state index contributed by atoms with van der Waals surface area (Å²) in [5.74, 6) is 0.905. The van der Waals surface area contributed by atoms with Gasteiger partial charge in [-0.15, -0.1) is 11.3 Å². The van der Waals surface area contributed by atoms with Gasteiger partial charge in [0.2, 0.25) is 0 Å². The second kappa shape index (κ2) is 9.82. The van der Waals surface area contributed by atoms with Crippen LogP contribution in [0.1, 0.15) is 23.6 Å². The molecule has 1 aliphatic heterocycles. The van der Waals surface area contributed by atoms with Crippen LogP contribution in [0, 0.1) is 0 Å². The molecule has 0 aliphatic carbocycles. The molecular weight excluding hydrogens is 296 g/mol. The van der Waals surface area contributed by atoms with E-state index < -0.39 is 0 Å². The fraction of sp³-hybridized carbons (Fsp3) is 0.688. The molecule has 6 heteroatoms. The number of rotatable bonds is 7. The molecule has 0 atom stereocenters. The van der Waals surface area contributed by atoms with Gasteiger partial charge in [-0.3, -0.25) is 4.90 Å². The summed E-state index contributed by atoms with van der Waals surface area (Å²) in [4.78, 5) is 9.85. The third-order valence-corrected chi connectivity index (χ3v) is 4.84. The largest absolute Gasteiger partial charge is 0.379 e. The average Bonchev–Trinajstić information content (AvgIpc) is 3.02. The van der Waals surface area contributed by atoms with Crippen LogP contribution in [0.5, 0.6) is 0 Å². The molecule has 0 amide bonds. The Morgan fingerprint density at radius 2 is 2.00 bits per heavy atom. The molecule has 1 aliphatic rings. The van der Waals surface area contributed by atoms with E-state index in [1.54, 1.807) is 0 Å². The molecule has 2 rings (SSSR count). The van der Waals surface area contributed by atoms with Gasteiger partial charge in [0.25, 0.3) is 0 Å². The van der Waals surface area contributed by atoms with E-state index in [1.165, 1.54) is 9.75 Å². The third-order valence-electron chi connectivity index (χ3n) is 3.63. The van der Waals surface area contributed by atoms with E-state index in [0.717, 1.165) is 64.9 Å². The monoisotopic (exact) mass is 324 g/mol. The van der Waals surface area contributed by atoms with Crippen LogP contribution in [0.15, 0.2) is 17.1 Å². The second-order valence-corrected chi connectivity index (χ2v) is 6.55. The van der Waals surface area contributed by atoms with Crippen molar-refractivity contribution < 1.29 is 4.74 Å². The molecule has 124 valence electrons. The maximum absolute atomic E-state index is 5.37. The predicted molar refractivity (Wildman–Crippen MR) is 93.8 cm³/mol. The fourth-order valence-corrected chi connectivity index (χ4v) is 3.24. The number of guanidine groups is 1. The summed E-state index contributed by atoms with van der Waals surface area (Å²) in [5, 5.41) is 6.73. The van der Waals surface area contributed by atoms with Gasteiger partial charge >= 0.3 is 0 Å². The minimum atomic E-state index is 0.748. The molecular formula is C16H28N4OS. The van der Waals surface area contributed by atoms with Crippen LogP contribution in [0.4, 0.5) is 0 Å². The van der Waals surface area contributed by atoms with Gasteiger partial charge in [-0.2, -0.15) is 0 Å². The zero-order valence-electron chi connectivity index (χ0n) is 13.7. The zero-order valence-corrected chi connectivity index (χ0v) is 14.5. The first kappa shape index (κ1) is 17.2. The van der Waals surface area contributed by atoms with Crippen LogP contribution in [0.25, 0.3) is 0 Å². The lowest BCUT2D eigenvalue weighted by molar-refractivity contribution is 0.0389. The summed E-state index contributed by atoms with van der Waals surface area (Å²) in [7, 11) is 0. The first-order valence-electron chi connectivity index (χ1n) is 8.21. The lowest BCUT2D eigenvalue weighted by atomic mass is 10.4. The smallest absolute Gasteiger partial charge is 0.191 e. The number of ether oxygens (including phenoxy) is 1. The topological polar surface area (TPSA) is 48.9 Å². The van der Waals surface area contributed by atoms with Crippen molar-refractivity contribution >= 4 is 17.3 Å². The van der Waals surface area contributed by atoms with Gasteiger partial charge in [-0.05, 0) is 25.5 Å². The van der Waals surface area contributed by atoms with Crippen LogP contribution in [0.2, 0.25) is 0 Å². The van der Waals surface area contributed by atoms with E-state index in [0.29, 0.717) is 0 Å². The highest BCUT2D eigenvalue weighted by atomic mass is 32.1. The van der Waals surface area contributed by atoms with E-state index in [4.69, 9.17) is 4.74 Å². The number of thiophene rings is 1. The van der Waals surface area contributed by atoms with Crippen LogP contribution in [-0.2, 0) is 17.7 Å². The second-order valence-electron chi connectivity index (χ2n) is 5.30. The molecule has 0 unspecified atom stereocenters. The Bertz CT molecular complexity index is 455. The highest BCUT2D eigenvalue weighted by molar-refractivity contribution is 7.11. The summed E-state index contributed by atoms with van der Waals surface area (Å²) >= 11 is 1.85. The molecule has 1 saturated heterocycles. The van der Waals surface area contributed by atoms with Gasteiger partial charge in [0.1, 0.15) is 0 Å². The molecule has 0 saturated carbocycles. The fourth-order valence-electron chi connectivity index (χ4n) is 2.35. The normalized spacial score (nSPS) is 16.7. The van der Waals surface area contributed by atoms with E-state index in [1.807, 2.05) is 11.3 Å². The number of morpholine rings is 1. The van der Waals surface area contributed by atoms with Crippen LogP contribution in [0.3, 0.4) is 0 Å². The molecule has 1 fully saturated rings. The number of aliphatic imine (C=N–C) groups is 1. The quantitative estimate of drug-likeness (QED) is 0.592. The zero-order chi connectivity index (χ0) is 15.6. The summed E-state index contributed by atoms with van der Waals surface area (Å²) in [5.41, 5.74) is 0. The molecule has 0 spiro atoms. The molecule has 22 heavy (non-hydrogen) atoms. The maximum Gasteiger partial charge on any atom is 0.191 e. The van der Waals surface area contributed by atoms with Crippen molar-refractivity contribution in [3.05, 3.63) is 21.9 Å². The Hall–Kier alpha value is -1.11. The van der Waals surface area contributed by atoms with Crippen molar-refractivity contribution in [3.8, 4) is 0 Å². The number of hydrogen-bond donors (Lipinski definition) is 2. The molecule has 1 aromatic heterocycles. The minimum Gasteiger partial charge on any atom is -0.379 e. The van der Waals surface area contributed by atoms with E-state index in [2.05, 4.69) is 46.5 Å². The van der Waals surface area contributed by atoms with Gasteiger partial charge in [-0.1, -0.05) is 6.92 Å². The highest BCUT2D eigenvalue weighted by Gasteiger charge is 2.09. The highest BCUT2D eigenvalue weighted by Crippen LogP contribution is 2.17. The molecule has 2 heterocycles. The number of nitrogens with zero attached hydrogens (tertiary/aromatic N) is 2. The van der Waals surface area contributed by atoms with Crippen LogP contribution in [-0.4, -0.2) is 56.8 Å². The predicted octanol–water partition coefficient (Wildman–Crippen LogP) is 1.70. The lowest BCUT2D eigenvalue weighted by Gasteiger charge is -2.26. The maximum atomic E-state index is 5.37. The molecule has 2 N–H and O–H groups in total. The summed E-state index contributed by atoms with van der Waals surface area (Å²) in [6, 6.07) is 4.39. The van der Waals surface area contributed by atoms with Crippen molar-refractivity contribution in [2.24, 2.45) is 4.99 Å². The summed E-state index contributed by atoms with van der Waals surface area (Å²) in [6.45, 7) is 11.6. The van der Waals surface area contributed by atoms with E-state index in [-0.39, 0.29) is 0 Å². The first-order chi connectivity index (χ1) is 10.8. The Morgan fingerprint density at radius 3 is 2.68 bits per heavy atom. The Morgan fingerprint density at radius 1 is 1.23 bits per heavy atom. The minimum absolute atomic E-state index is 0.748. The third kappa shape index (κ3) is 5.94. The van der Waals surface area contributed by atoms with Gasteiger partial charge in [0, 0.05) is 42.5 Å². The van der Waals surface area contributed by atoms with Gasteiger partial charge < -0.3 is 15.4 Å². The van der Waals surface area contributed by atoms with Gasteiger partial charge in [-0.25, -0.2) is 4.99 Å². The van der Waals surface area contributed by atoms with Crippen molar-refractivity contribution in [2.75, 3.05) is 45.9 Å². The van der Waals surface area contributed by atoms with Gasteiger partial charge in [0.15, 0.2) is 5.96 Å². The summed E-state index contributed by atoms with van der Waals surface area (Å²) < 4.78 is 5.37. The van der Waals surface area contributed by atoms with Crippen LogP contribution < -0.4 is 10.6 Å². The van der Waals surface area contributed by atoms with Crippen molar-refractivity contribution in [3.63, 3.8) is 0 Å². The number of aryl methyl sites for hydroxylation is 1. The van der Waals surface area contributed by atoms with Crippen molar-refractivity contribution in [1.82, 2.24) is 15.5 Å². The Labute approximate surface area is 137 Å². The van der Waals surface area contributed by atoms with Crippen LogP contribution >= 0.6 is 11.3 Å². The molecule has 5 nitrogen and oxygen atoms in total. The summed E-state index contributed by atoms with van der Waals surface area (Å²) in [6.07, 6.45) is 1.10. The van der Waals surface area contributed by atoms with Gasteiger partial charge in [0.05, 0.1) is 19.8 Å². The standard InChI is InChI=1S/C16H28N4OS/c1-3-14-5-6-15(22-14)13-19-16(17-4-2)18-7-8-20-9-11-21-12-10-20/h5-6H,3-4,7-13H2,1-2H3,(H2,17,18,19). The molecule has 0 bridgehead atoms. The first-order valence-corrected chi connectivity index (χ1v) is 9.03. The Kier molecular flexibility index (Phi) is 7.70. The number of hydrogen-bond acceptors (Lipinski definition) is 4.